The van der Waals surface area contributed by atoms with Gasteiger partial charge in [-0.05, 0) is 51.1 Å². The second-order valence-corrected chi connectivity index (χ2v) is 6.47. The SMILES string of the molecule is CCCn1cc(CN(CC2CCNCC2)C2CC2)cn1. The maximum Gasteiger partial charge on any atom is 0.0534 e. The molecular weight excluding hydrogens is 248 g/mol. The molecule has 2 heterocycles. The highest BCUT2D eigenvalue weighted by Gasteiger charge is 2.31. The number of nitrogens with zero attached hydrogens (tertiary/aromatic N) is 3. The van der Waals surface area contributed by atoms with Gasteiger partial charge in [0.25, 0.3) is 0 Å². The molecular formula is C16H28N4. The minimum absolute atomic E-state index is 0.847. The van der Waals surface area contributed by atoms with Crippen LogP contribution in [0.4, 0.5) is 0 Å². The third kappa shape index (κ3) is 3.83. The van der Waals surface area contributed by atoms with Crippen LogP contribution in [0.3, 0.4) is 0 Å². The molecule has 0 spiro atoms. The summed E-state index contributed by atoms with van der Waals surface area (Å²) in [5, 5.41) is 7.93. The van der Waals surface area contributed by atoms with Crippen LogP contribution < -0.4 is 5.32 Å². The molecule has 0 bridgehead atoms. The molecule has 1 aromatic heterocycles. The van der Waals surface area contributed by atoms with Gasteiger partial charge in [0.15, 0.2) is 0 Å². The molecule has 0 radical (unpaired) electrons. The summed E-state index contributed by atoms with van der Waals surface area (Å²) in [6.07, 6.45) is 10.9. The Balaban J connectivity index is 1.55. The monoisotopic (exact) mass is 276 g/mol. The Morgan fingerprint density at radius 3 is 2.80 bits per heavy atom. The van der Waals surface area contributed by atoms with E-state index in [1.54, 1.807) is 0 Å². The summed E-state index contributed by atoms with van der Waals surface area (Å²) in [5.41, 5.74) is 1.39. The van der Waals surface area contributed by atoms with Crippen LogP contribution in [0.25, 0.3) is 0 Å². The molecule has 112 valence electrons. The van der Waals surface area contributed by atoms with E-state index in [0.29, 0.717) is 0 Å². The van der Waals surface area contributed by atoms with Crippen LogP contribution in [0.2, 0.25) is 0 Å². The summed E-state index contributed by atoms with van der Waals surface area (Å²) in [6, 6.07) is 0.847. The minimum Gasteiger partial charge on any atom is -0.317 e. The molecule has 4 nitrogen and oxygen atoms in total. The van der Waals surface area contributed by atoms with Gasteiger partial charge in [0.1, 0.15) is 0 Å². The fraction of sp³-hybridized carbons (Fsp3) is 0.812. The first-order valence-corrected chi connectivity index (χ1v) is 8.31. The van der Waals surface area contributed by atoms with Crippen molar-refractivity contribution in [2.75, 3.05) is 19.6 Å². The van der Waals surface area contributed by atoms with Gasteiger partial charge in [0.2, 0.25) is 0 Å². The van der Waals surface area contributed by atoms with Gasteiger partial charge >= 0.3 is 0 Å². The van der Waals surface area contributed by atoms with Crippen LogP contribution >= 0.6 is 0 Å². The molecule has 0 aromatic carbocycles. The summed E-state index contributed by atoms with van der Waals surface area (Å²) in [6.45, 7) is 8.03. The van der Waals surface area contributed by atoms with Crippen LogP contribution in [0.1, 0.15) is 44.6 Å². The number of aryl methyl sites for hydroxylation is 1. The van der Waals surface area contributed by atoms with Crippen molar-refractivity contribution < 1.29 is 0 Å². The van der Waals surface area contributed by atoms with Crippen LogP contribution in [-0.4, -0.2) is 40.4 Å². The zero-order valence-corrected chi connectivity index (χ0v) is 12.7. The van der Waals surface area contributed by atoms with Crippen molar-refractivity contribution in [1.29, 1.82) is 0 Å². The molecule has 3 rings (SSSR count). The average molecular weight is 276 g/mol. The van der Waals surface area contributed by atoms with E-state index in [1.807, 2.05) is 0 Å². The molecule has 1 aliphatic heterocycles. The third-order valence-electron chi connectivity index (χ3n) is 4.54. The molecule has 1 aromatic rings. The molecule has 0 unspecified atom stereocenters. The van der Waals surface area contributed by atoms with Crippen molar-refractivity contribution in [1.82, 2.24) is 20.0 Å². The Morgan fingerprint density at radius 1 is 1.30 bits per heavy atom. The molecule has 2 fully saturated rings. The lowest BCUT2D eigenvalue weighted by molar-refractivity contribution is 0.190. The fourth-order valence-electron chi connectivity index (χ4n) is 3.25. The van der Waals surface area contributed by atoms with E-state index in [9.17, 15) is 0 Å². The van der Waals surface area contributed by atoms with Crippen LogP contribution in [0.15, 0.2) is 12.4 Å². The van der Waals surface area contributed by atoms with E-state index in [2.05, 4.69) is 39.3 Å². The number of hydrogen-bond acceptors (Lipinski definition) is 3. The maximum absolute atomic E-state index is 4.47. The topological polar surface area (TPSA) is 33.1 Å². The number of rotatable bonds is 7. The highest BCUT2D eigenvalue weighted by Crippen LogP contribution is 2.30. The smallest absolute Gasteiger partial charge is 0.0534 e. The molecule has 0 amide bonds. The highest BCUT2D eigenvalue weighted by molar-refractivity contribution is 5.05. The van der Waals surface area contributed by atoms with E-state index >= 15 is 0 Å². The Morgan fingerprint density at radius 2 is 2.10 bits per heavy atom. The van der Waals surface area contributed by atoms with Crippen molar-refractivity contribution in [3.05, 3.63) is 18.0 Å². The van der Waals surface area contributed by atoms with Gasteiger partial charge in [-0.2, -0.15) is 5.10 Å². The summed E-state index contributed by atoms with van der Waals surface area (Å²) in [5.74, 6) is 0.891. The summed E-state index contributed by atoms with van der Waals surface area (Å²) >= 11 is 0. The number of hydrogen-bond donors (Lipinski definition) is 1. The number of nitrogens with one attached hydrogen (secondary N) is 1. The Hall–Kier alpha value is -0.870. The van der Waals surface area contributed by atoms with Gasteiger partial charge < -0.3 is 5.32 Å². The number of aromatic nitrogens is 2. The summed E-state index contributed by atoms with van der Waals surface area (Å²) in [4.78, 5) is 2.71. The molecule has 4 heteroatoms. The van der Waals surface area contributed by atoms with E-state index < -0.39 is 0 Å². The van der Waals surface area contributed by atoms with Gasteiger partial charge in [0.05, 0.1) is 6.20 Å². The predicted octanol–water partition coefficient (Wildman–Crippen LogP) is 2.26. The van der Waals surface area contributed by atoms with Gasteiger partial charge in [-0.25, -0.2) is 0 Å². The van der Waals surface area contributed by atoms with Crippen LogP contribution in [0.5, 0.6) is 0 Å². The Labute approximate surface area is 122 Å². The van der Waals surface area contributed by atoms with E-state index in [1.165, 1.54) is 50.9 Å². The lowest BCUT2D eigenvalue weighted by Gasteiger charge is -2.29. The summed E-state index contributed by atoms with van der Waals surface area (Å²) in [7, 11) is 0. The van der Waals surface area contributed by atoms with Gasteiger partial charge in [-0.1, -0.05) is 6.92 Å². The van der Waals surface area contributed by atoms with Crippen molar-refractivity contribution in [3.63, 3.8) is 0 Å². The van der Waals surface area contributed by atoms with Gasteiger partial charge in [-0.15, -0.1) is 0 Å². The lowest BCUT2D eigenvalue weighted by Crippen LogP contribution is -2.36. The van der Waals surface area contributed by atoms with E-state index in [0.717, 1.165) is 31.5 Å². The van der Waals surface area contributed by atoms with Gasteiger partial charge in [0, 0.05) is 37.4 Å². The second kappa shape index (κ2) is 6.72. The average Bonchev–Trinajstić information content (AvgIpc) is 3.22. The molecule has 2 aliphatic rings. The van der Waals surface area contributed by atoms with Gasteiger partial charge in [-0.3, -0.25) is 9.58 Å². The van der Waals surface area contributed by atoms with E-state index in [4.69, 9.17) is 0 Å². The van der Waals surface area contributed by atoms with Crippen molar-refractivity contribution in [3.8, 4) is 0 Å². The third-order valence-corrected chi connectivity index (χ3v) is 4.54. The van der Waals surface area contributed by atoms with Crippen molar-refractivity contribution >= 4 is 0 Å². The summed E-state index contributed by atoms with van der Waals surface area (Å²) < 4.78 is 2.09. The van der Waals surface area contributed by atoms with Crippen molar-refractivity contribution in [2.24, 2.45) is 5.92 Å². The molecule has 1 saturated carbocycles. The molecule has 1 aliphatic carbocycles. The lowest BCUT2D eigenvalue weighted by atomic mass is 9.97. The zero-order valence-electron chi connectivity index (χ0n) is 12.7. The molecule has 1 N–H and O–H groups in total. The normalized spacial score (nSPS) is 20.7. The Kier molecular flexibility index (Phi) is 4.73. The quantitative estimate of drug-likeness (QED) is 0.829. The largest absolute Gasteiger partial charge is 0.317 e. The van der Waals surface area contributed by atoms with Crippen LogP contribution in [-0.2, 0) is 13.1 Å². The standard InChI is InChI=1S/C16H28N4/c1-2-9-20-13-15(10-18-20)12-19(16-3-4-16)11-14-5-7-17-8-6-14/h10,13-14,16-17H,2-9,11-12H2,1H3. The Bertz CT molecular complexity index is 404. The first-order valence-electron chi connectivity index (χ1n) is 8.31. The predicted molar refractivity (Wildman–Crippen MR) is 81.5 cm³/mol. The first-order chi connectivity index (χ1) is 9.85. The number of piperidine rings is 1. The molecule has 1 saturated heterocycles. The second-order valence-electron chi connectivity index (χ2n) is 6.47. The van der Waals surface area contributed by atoms with Crippen LogP contribution in [0, 0.1) is 5.92 Å². The maximum atomic E-state index is 4.47. The zero-order chi connectivity index (χ0) is 13.8. The first kappa shape index (κ1) is 14.1. The fourth-order valence-corrected chi connectivity index (χ4v) is 3.25. The highest BCUT2D eigenvalue weighted by atomic mass is 15.3. The van der Waals surface area contributed by atoms with Crippen molar-refractivity contribution in [2.45, 2.75) is 58.2 Å². The molecule has 0 atom stereocenters. The van der Waals surface area contributed by atoms with E-state index in [-0.39, 0.29) is 0 Å². The minimum atomic E-state index is 0.847. The molecule has 20 heavy (non-hydrogen) atoms.